The number of rotatable bonds is 4. The maximum absolute atomic E-state index is 12.5. The van der Waals surface area contributed by atoms with Crippen LogP contribution in [0.1, 0.15) is 21.7 Å². The lowest BCUT2D eigenvalue weighted by molar-refractivity contribution is 0.0781. The monoisotopic (exact) mass is 274 g/mol. The smallest absolute Gasteiger partial charge is 0.257 e. The number of hydrogen-bond donors (Lipinski definition) is 1. The average Bonchev–Trinajstić information content (AvgIpc) is 2.83. The number of benzene rings is 1. The molecule has 0 radical (unpaired) electrons. The second kappa shape index (κ2) is 5.69. The minimum absolute atomic E-state index is 0.144. The minimum Gasteiger partial charge on any atom is -0.496 e. The Bertz CT molecular complexity index is 619. The van der Waals surface area contributed by atoms with Crippen molar-refractivity contribution in [2.24, 2.45) is 0 Å². The molecule has 1 amide bonds. The summed E-state index contributed by atoms with van der Waals surface area (Å²) in [5, 5.41) is 0. The van der Waals surface area contributed by atoms with Crippen LogP contribution in [0.25, 0.3) is 0 Å². The fourth-order valence-corrected chi connectivity index (χ4v) is 2.00. The molecular formula is C15H18N2O3. The summed E-state index contributed by atoms with van der Waals surface area (Å²) in [6, 6.07) is 6.88. The SMILES string of the molecule is COc1ccc(N)cc1C(=O)N(C)Cc1ccoc1C. The normalized spacial score (nSPS) is 10.3. The van der Waals surface area contributed by atoms with Crippen LogP contribution in [0.5, 0.6) is 5.75 Å². The molecule has 5 nitrogen and oxygen atoms in total. The number of nitrogens with two attached hydrogens (primary N) is 1. The molecule has 0 aliphatic rings. The van der Waals surface area contributed by atoms with E-state index in [1.807, 2.05) is 13.0 Å². The van der Waals surface area contributed by atoms with Crippen LogP contribution in [-0.2, 0) is 6.54 Å². The Hall–Kier alpha value is -2.43. The summed E-state index contributed by atoms with van der Waals surface area (Å²) < 4.78 is 10.4. The summed E-state index contributed by atoms with van der Waals surface area (Å²) in [5.74, 6) is 1.18. The van der Waals surface area contributed by atoms with Gasteiger partial charge in [-0.25, -0.2) is 0 Å². The van der Waals surface area contributed by atoms with Gasteiger partial charge in [-0.2, -0.15) is 0 Å². The first-order valence-electron chi connectivity index (χ1n) is 6.25. The van der Waals surface area contributed by atoms with Crippen LogP contribution >= 0.6 is 0 Å². The zero-order valence-electron chi connectivity index (χ0n) is 11.8. The van der Waals surface area contributed by atoms with E-state index in [1.54, 1.807) is 36.4 Å². The van der Waals surface area contributed by atoms with E-state index in [2.05, 4.69) is 0 Å². The highest BCUT2D eigenvalue weighted by atomic mass is 16.5. The number of amides is 1. The molecule has 0 bridgehead atoms. The molecule has 0 spiro atoms. The molecular weight excluding hydrogens is 256 g/mol. The summed E-state index contributed by atoms with van der Waals surface area (Å²) in [6.07, 6.45) is 1.62. The molecule has 106 valence electrons. The number of methoxy groups -OCH3 is 1. The van der Waals surface area contributed by atoms with Gasteiger partial charge in [0.05, 0.1) is 18.9 Å². The van der Waals surface area contributed by atoms with Crippen molar-refractivity contribution >= 4 is 11.6 Å². The lowest BCUT2D eigenvalue weighted by Gasteiger charge is -2.18. The van der Waals surface area contributed by atoms with Gasteiger partial charge in [0.15, 0.2) is 0 Å². The first kappa shape index (κ1) is 14.0. The topological polar surface area (TPSA) is 68.7 Å². The summed E-state index contributed by atoms with van der Waals surface area (Å²) in [5.41, 5.74) is 7.70. The highest BCUT2D eigenvalue weighted by Gasteiger charge is 2.18. The van der Waals surface area contributed by atoms with Gasteiger partial charge in [-0.1, -0.05) is 0 Å². The number of nitrogens with zero attached hydrogens (tertiary/aromatic N) is 1. The van der Waals surface area contributed by atoms with Crippen LogP contribution in [0.15, 0.2) is 34.9 Å². The summed E-state index contributed by atoms with van der Waals surface area (Å²) in [7, 11) is 3.26. The van der Waals surface area contributed by atoms with Crippen LogP contribution in [0.2, 0.25) is 0 Å². The summed E-state index contributed by atoms with van der Waals surface area (Å²) >= 11 is 0. The number of anilines is 1. The molecule has 20 heavy (non-hydrogen) atoms. The van der Waals surface area contributed by atoms with Gasteiger partial charge in [0.1, 0.15) is 11.5 Å². The third-order valence-electron chi connectivity index (χ3n) is 3.17. The number of furan rings is 1. The van der Waals surface area contributed by atoms with E-state index >= 15 is 0 Å². The van der Waals surface area contributed by atoms with Crippen LogP contribution < -0.4 is 10.5 Å². The van der Waals surface area contributed by atoms with Crippen molar-refractivity contribution in [2.75, 3.05) is 19.9 Å². The second-order valence-electron chi connectivity index (χ2n) is 4.62. The van der Waals surface area contributed by atoms with Gasteiger partial charge >= 0.3 is 0 Å². The number of hydrogen-bond acceptors (Lipinski definition) is 4. The van der Waals surface area contributed by atoms with Crippen molar-refractivity contribution in [3.05, 3.63) is 47.4 Å². The fraction of sp³-hybridized carbons (Fsp3) is 0.267. The third-order valence-corrected chi connectivity index (χ3v) is 3.17. The first-order chi connectivity index (χ1) is 9.52. The summed E-state index contributed by atoms with van der Waals surface area (Å²) in [4.78, 5) is 14.1. The van der Waals surface area contributed by atoms with Gasteiger partial charge in [-0.15, -0.1) is 0 Å². The van der Waals surface area contributed by atoms with Gasteiger partial charge in [0.2, 0.25) is 0 Å². The van der Waals surface area contributed by atoms with Crippen molar-refractivity contribution in [1.29, 1.82) is 0 Å². The molecule has 2 aromatic rings. The van der Waals surface area contributed by atoms with Crippen LogP contribution in [0, 0.1) is 6.92 Å². The molecule has 0 atom stereocenters. The van der Waals surface area contributed by atoms with Crippen LogP contribution in [0.3, 0.4) is 0 Å². The Kier molecular flexibility index (Phi) is 3.98. The largest absolute Gasteiger partial charge is 0.496 e. The molecule has 1 aromatic carbocycles. The predicted octanol–water partition coefficient (Wildman–Crippen LogP) is 2.45. The van der Waals surface area contributed by atoms with Crippen molar-refractivity contribution in [1.82, 2.24) is 4.90 Å². The molecule has 0 saturated carbocycles. The van der Waals surface area contributed by atoms with Gasteiger partial charge in [-0.3, -0.25) is 4.79 Å². The zero-order chi connectivity index (χ0) is 14.7. The van der Waals surface area contributed by atoms with E-state index in [0.29, 0.717) is 23.5 Å². The van der Waals surface area contributed by atoms with Crippen LogP contribution in [0.4, 0.5) is 5.69 Å². The van der Waals surface area contributed by atoms with Gasteiger partial charge in [-0.05, 0) is 31.2 Å². The molecule has 0 unspecified atom stereocenters. The van der Waals surface area contributed by atoms with E-state index < -0.39 is 0 Å². The van der Waals surface area contributed by atoms with Crippen molar-refractivity contribution < 1.29 is 13.9 Å². The van der Waals surface area contributed by atoms with E-state index in [1.165, 1.54) is 7.11 Å². The molecule has 0 aliphatic heterocycles. The Morgan fingerprint density at radius 3 is 2.75 bits per heavy atom. The quantitative estimate of drug-likeness (QED) is 0.869. The van der Waals surface area contributed by atoms with Gasteiger partial charge < -0.3 is 19.8 Å². The molecule has 1 aromatic heterocycles. The maximum Gasteiger partial charge on any atom is 0.257 e. The third kappa shape index (κ3) is 2.77. The highest BCUT2D eigenvalue weighted by molar-refractivity contribution is 5.97. The Balaban J connectivity index is 2.22. The molecule has 2 N–H and O–H groups in total. The molecule has 0 fully saturated rings. The van der Waals surface area contributed by atoms with Gasteiger partial charge in [0, 0.05) is 24.8 Å². The number of aryl methyl sites for hydroxylation is 1. The molecule has 2 rings (SSSR count). The Morgan fingerprint density at radius 1 is 1.40 bits per heavy atom. The molecule has 5 heteroatoms. The average molecular weight is 274 g/mol. The molecule has 1 heterocycles. The Labute approximate surface area is 117 Å². The van der Waals surface area contributed by atoms with Crippen molar-refractivity contribution in [3.8, 4) is 5.75 Å². The zero-order valence-corrected chi connectivity index (χ0v) is 11.8. The predicted molar refractivity (Wildman–Crippen MR) is 76.6 cm³/mol. The van der Waals surface area contributed by atoms with Crippen molar-refractivity contribution in [2.45, 2.75) is 13.5 Å². The van der Waals surface area contributed by atoms with Gasteiger partial charge in [0.25, 0.3) is 5.91 Å². The molecule has 0 saturated heterocycles. The van der Waals surface area contributed by atoms with E-state index in [4.69, 9.17) is 14.9 Å². The fourth-order valence-electron chi connectivity index (χ4n) is 2.00. The van der Waals surface area contributed by atoms with Crippen molar-refractivity contribution in [3.63, 3.8) is 0 Å². The lowest BCUT2D eigenvalue weighted by atomic mass is 10.1. The number of ether oxygens (including phenoxy) is 1. The maximum atomic E-state index is 12.5. The van der Waals surface area contributed by atoms with E-state index in [-0.39, 0.29) is 5.91 Å². The first-order valence-corrected chi connectivity index (χ1v) is 6.25. The van der Waals surface area contributed by atoms with E-state index in [0.717, 1.165) is 11.3 Å². The second-order valence-corrected chi connectivity index (χ2v) is 4.62. The standard InChI is InChI=1S/C15H18N2O3/c1-10-11(6-7-20-10)9-17(2)15(18)13-8-12(16)4-5-14(13)19-3/h4-8H,9,16H2,1-3H3. The van der Waals surface area contributed by atoms with E-state index in [9.17, 15) is 4.79 Å². The number of carbonyl (C=O) groups is 1. The Morgan fingerprint density at radius 2 is 2.15 bits per heavy atom. The van der Waals surface area contributed by atoms with Crippen LogP contribution in [-0.4, -0.2) is 25.0 Å². The minimum atomic E-state index is -0.144. The summed E-state index contributed by atoms with van der Waals surface area (Å²) in [6.45, 7) is 2.34. The highest BCUT2D eigenvalue weighted by Crippen LogP contribution is 2.23. The lowest BCUT2D eigenvalue weighted by Crippen LogP contribution is -2.26. The number of carbonyl (C=O) groups excluding carboxylic acids is 1. The molecule has 0 aliphatic carbocycles. The number of nitrogen functional groups attached to an aromatic ring is 1.